The third-order valence-electron chi connectivity index (χ3n) is 3.61. The van der Waals surface area contributed by atoms with Crippen molar-refractivity contribution in [3.8, 4) is 0 Å². The average Bonchev–Trinajstić information content (AvgIpc) is 2.66. The Kier molecular flexibility index (Phi) is 5.92. The average molecular weight is 318 g/mol. The van der Waals surface area contributed by atoms with Crippen LogP contribution in [0, 0.1) is 0 Å². The Hall–Kier alpha value is -1.22. The first-order chi connectivity index (χ1) is 9.90. The maximum absolute atomic E-state index is 3.22. The van der Waals surface area contributed by atoms with E-state index in [1.807, 2.05) is 18.8 Å². The minimum absolute atomic E-state index is 0. The first-order valence-electron chi connectivity index (χ1n) is 7.05. The Morgan fingerprint density at radius 3 is 2.57 bits per heavy atom. The van der Waals surface area contributed by atoms with Crippen LogP contribution in [0.25, 0.3) is 5.57 Å². The molecule has 0 aromatic heterocycles. The first-order valence-corrected chi connectivity index (χ1v) is 8.04. The number of rotatable bonds is 3. The molecule has 1 nitrogen and oxygen atoms in total. The molecule has 0 aliphatic carbocycles. The van der Waals surface area contributed by atoms with Gasteiger partial charge in [0.2, 0.25) is 0 Å². The lowest BCUT2D eigenvalue weighted by molar-refractivity contribution is 0.808. The van der Waals surface area contributed by atoms with E-state index >= 15 is 0 Å². The predicted octanol–water partition coefficient (Wildman–Crippen LogP) is 4.76. The summed E-state index contributed by atoms with van der Waals surface area (Å²) < 4.78 is 0. The van der Waals surface area contributed by atoms with Crippen LogP contribution in [-0.2, 0) is 5.75 Å². The Morgan fingerprint density at radius 1 is 1.05 bits per heavy atom. The summed E-state index contributed by atoms with van der Waals surface area (Å²) in [7, 11) is 2.00. The zero-order chi connectivity index (χ0) is 13.8. The van der Waals surface area contributed by atoms with Crippen LogP contribution in [-0.4, -0.2) is 13.6 Å². The van der Waals surface area contributed by atoms with E-state index < -0.39 is 0 Å². The summed E-state index contributed by atoms with van der Waals surface area (Å²) in [6, 6.07) is 17.5. The fourth-order valence-corrected chi connectivity index (χ4v) is 3.68. The van der Waals surface area contributed by atoms with Crippen molar-refractivity contribution in [3.63, 3.8) is 0 Å². The Balaban J connectivity index is 0.00000161. The molecule has 0 saturated carbocycles. The molecule has 0 spiro atoms. The van der Waals surface area contributed by atoms with Gasteiger partial charge in [0, 0.05) is 10.6 Å². The zero-order valence-electron chi connectivity index (χ0n) is 12.1. The van der Waals surface area contributed by atoms with Crippen molar-refractivity contribution in [2.45, 2.75) is 17.1 Å². The molecule has 0 fully saturated rings. The van der Waals surface area contributed by atoms with E-state index in [-0.39, 0.29) is 12.4 Å². The van der Waals surface area contributed by atoms with Gasteiger partial charge >= 0.3 is 0 Å². The van der Waals surface area contributed by atoms with Gasteiger partial charge in [-0.25, -0.2) is 0 Å². The summed E-state index contributed by atoms with van der Waals surface area (Å²) in [4.78, 5) is 1.39. The van der Waals surface area contributed by atoms with Gasteiger partial charge in [-0.05, 0) is 48.3 Å². The normalized spacial score (nSPS) is 14.8. The molecule has 110 valence electrons. The fraction of sp³-hybridized carbons (Fsp3) is 0.222. The molecule has 0 bridgehead atoms. The lowest BCUT2D eigenvalue weighted by atomic mass is 9.93. The Labute approximate surface area is 137 Å². The summed E-state index contributed by atoms with van der Waals surface area (Å²) in [5.41, 5.74) is 5.58. The number of thioether (sulfide) groups is 1. The van der Waals surface area contributed by atoms with Crippen LogP contribution in [0.2, 0.25) is 0 Å². The molecular formula is C18H20ClNS. The molecule has 0 radical (unpaired) electrons. The van der Waals surface area contributed by atoms with Crippen LogP contribution in [0.15, 0.2) is 59.5 Å². The highest BCUT2D eigenvalue weighted by Crippen LogP contribution is 2.39. The van der Waals surface area contributed by atoms with Gasteiger partial charge in [-0.1, -0.05) is 48.5 Å². The Morgan fingerprint density at radius 2 is 1.76 bits per heavy atom. The second kappa shape index (κ2) is 7.69. The molecule has 1 aliphatic rings. The molecule has 3 heteroatoms. The van der Waals surface area contributed by atoms with Gasteiger partial charge in [0.1, 0.15) is 0 Å². The highest BCUT2D eigenvalue weighted by atomic mass is 35.5. The van der Waals surface area contributed by atoms with Crippen LogP contribution in [0.3, 0.4) is 0 Å². The number of hydrogen-bond donors (Lipinski definition) is 1. The molecule has 0 amide bonds. The van der Waals surface area contributed by atoms with E-state index in [9.17, 15) is 0 Å². The molecule has 1 N–H and O–H groups in total. The number of nitrogens with one attached hydrogen (secondary N) is 1. The SMILES string of the molecule is CNCCC=C1c2ccccc2CSc2ccccc21.Cl. The second-order valence-corrected chi connectivity index (χ2v) is 5.97. The minimum Gasteiger partial charge on any atom is -0.319 e. The van der Waals surface area contributed by atoms with Crippen molar-refractivity contribution in [2.24, 2.45) is 0 Å². The van der Waals surface area contributed by atoms with Gasteiger partial charge in [0.15, 0.2) is 0 Å². The summed E-state index contributed by atoms with van der Waals surface area (Å²) in [5.74, 6) is 1.05. The zero-order valence-corrected chi connectivity index (χ0v) is 13.8. The number of benzene rings is 2. The van der Waals surface area contributed by atoms with Gasteiger partial charge in [-0.15, -0.1) is 24.2 Å². The molecule has 0 atom stereocenters. The van der Waals surface area contributed by atoms with Crippen LogP contribution in [0.5, 0.6) is 0 Å². The first kappa shape index (κ1) is 16.2. The van der Waals surface area contributed by atoms with Crippen molar-refractivity contribution < 1.29 is 0 Å². The highest BCUT2D eigenvalue weighted by molar-refractivity contribution is 7.98. The van der Waals surface area contributed by atoms with Crippen LogP contribution in [0.1, 0.15) is 23.1 Å². The topological polar surface area (TPSA) is 12.0 Å². The third kappa shape index (κ3) is 3.52. The molecule has 21 heavy (non-hydrogen) atoms. The molecule has 1 heterocycles. The number of fused-ring (bicyclic) bond motifs is 2. The monoisotopic (exact) mass is 317 g/mol. The maximum Gasteiger partial charge on any atom is 0.0238 e. The Bertz CT molecular complexity index is 587. The van der Waals surface area contributed by atoms with Crippen molar-refractivity contribution in [1.82, 2.24) is 5.32 Å². The third-order valence-corrected chi connectivity index (χ3v) is 4.73. The van der Waals surface area contributed by atoms with Crippen molar-refractivity contribution in [1.29, 1.82) is 0 Å². The summed E-state index contributed by atoms with van der Waals surface area (Å²) in [6.07, 6.45) is 3.43. The van der Waals surface area contributed by atoms with E-state index in [2.05, 4.69) is 59.9 Å². The van der Waals surface area contributed by atoms with Gasteiger partial charge < -0.3 is 5.32 Å². The molecule has 2 aromatic carbocycles. The van der Waals surface area contributed by atoms with E-state index in [0.29, 0.717) is 0 Å². The van der Waals surface area contributed by atoms with Crippen molar-refractivity contribution >= 4 is 29.7 Å². The summed E-state index contributed by atoms with van der Waals surface area (Å²) in [6.45, 7) is 1.01. The number of hydrogen-bond acceptors (Lipinski definition) is 2. The van der Waals surface area contributed by atoms with Gasteiger partial charge in [0.25, 0.3) is 0 Å². The standard InChI is InChI=1S/C18H19NS.ClH/c1-19-12-6-10-16-15-8-3-2-7-14(15)13-20-18-11-5-4-9-17(16)18;/h2-5,7-11,19H,6,12-13H2,1H3;1H. The van der Waals surface area contributed by atoms with Crippen molar-refractivity contribution in [3.05, 3.63) is 71.3 Å². The predicted molar refractivity (Wildman–Crippen MR) is 95.3 cm³/mol. The van der Waals surface area contributed by atoms with E-state index in [1.54, 1.807) is 0 Å². The minimum atomic E-state index is 0. The highest BCUT2D eigenvalue weighted by Gasteiger charge is 2.17. The van der Waals surface area contributed by atoms with E-state index in [0.717, 1.165) is 18.7 Å². The molecule has 0 unspecified atom stereocenters. The smallest absolute Gasteiger partial charge is 0.0238 e. The van der Waals surface area contributed by atoms with Gasteiger partial charge in [0.05, 0.1) is 0 Å². The molecule has 1 aliphatic heterocycles. The second-order valence-electron chi connectivity index (χ2n) is 4.95. The largest absolute Gasteiger partial charge is 0.319 e. The molecule has 0 saturated heterocycles. The van der Waals surface area contributed by atoms with Crippen LogP contribution >= 0.6 is 24.2 Å². The maximum atomic E-state index is 3.22. The summed E-state index contributed by atoms with van der Waals surface area (Å²) >= 11 is 1.94. The van der Waals surface area contributed by atoms with E-state index in [4.69, 9.17) is 0 Å². The van der Waals surface area contributed by atoms with Crippen LogP contribution in [0.4, 0.5) is 0 Å². The quantitative estimate of drug-likeness (QED) is 0.819. The van der Waals surface area contributed by atoms with Gasteiger partial charge in [-0.2, -0.15) is 0 Å². The molecule has 2 aromatic rings. The van der Waals surface area contributed by atoms with Crippen LogP contribution < -0.4 is 5.32 Å². The lowest BCUT2D eigenvalue weighted by Crippen LogP contribution is -2.06. The lowest BCUT2D eigenvalue weighted by Gasteiger charge is -2.11. The number of halogens is 1. The van der Waals surface area contributed by atoms with Gasteiger partial charge in [-0.3, -0.25) is 0 Å². The molecule has 3 rings (SSSR count). The summed E-state index contributed by atoms with van der Waals surface area (Å²) in [5, 5.41) is 3.22. The van der Waals surface area contributed by atoms with Crippen molar-refractivity contribution in [2.75, 3.05) is 13.6 Å². The fourth-order valence-electron chi connectivity index (χ4n) is 2.61. The van der Waals surface area contributed by atoms with E-state index in [1.165, 1.54) is 27.2 Å². The molecular weight excluding hydrogens is 298 g/mol.